The van der Waals surface area contributed by atoms with Crippen LogP contribution in [0.25, 0.3) is 0 Å². The number of hydrogen-bond donors (Lipinski definition) is 2. The lowest BCUT2D eigenvalue weighted by Crippen LogP contribution is -2.45. The van der Waals surface area contributed by atoms with Gasteiger partial charge in [0.05, 0.1) is 39.6 Å². The van der Waals surface area contributed by atoms with Crippen molar-refractivity contribution in [3.05, 3.63) is 144 Å². The van der Waals surface area contributed by atoms with Gasteiger partial charge in [-0.25, -0.2) is 0 Å². The quantitative estimate of drug-likeness (QED) is 0.105. The molecule has 12 heteroatoms. The Morgan fingerprint density at radius 3 is 1.23 bits per heavy atom. The van der Waals surface area contributed by atoms with Crippen molar-refractivity contribution in [2.45, 2.75) is 89.4 Å². The third-order valence-corrected chi connectivity index (χ3v) is 20.2. The molecule has 2 saturated heterocycles. The van der Waals surface area contributed by atoms with E-state index in [1.54, 1.807) is 24.3 Å². The highest BCUT2D eigenvalue weighted by Crippen LogP contribution is 2.40. The van der Waals surface area contributed by atoms with E-state index >= 15 is 0 Å². The SMILES string of the molecule is CC(C)(C)[Si](C)(C)OCC(=O)c1ccccc1.CC(C)(C)[Si](C)(C)OCC1(c2ccccc2)OCCO1.O=C(CO)c1ccccc1.OCC1(c2ccccc2)OCCO1. The predicted octanol–water partition coefficient (Wildman–Crippen LogP) is 9.54. The Labute approximate surface area is 360 Å². The van der Waals surface area contributed by atoms with Crippen molar-refractivity contribution < 1.29 is 47.6 Å². The summed E-state index contributed by atoms with van der Waals surface area (Å²) in [6.45, 7) is 24.5. The Kier molecular flexibility index (Phi) is 19.4. The minimum absolute atomic E-state index is 0.0652. The van der Waals surface area contributed by atoms with Crippen LogP contribution in [0.2, 0.25) is 36.3 Å². The maximum atomic E-state index is 11.9. The molecule has 0 spiro atoms. The van der Waals surface area contributed by atoms with Gasteiger partial charge in [-0.1, -0.05) is 163 Å². The van der Waals surface area contributed by atoms with E-state index in [0.717, 1.165) is 16.7 Å². The number of carbonyl (C=O) groups excluding carboxylic acids is 2. The zero-order valence-corrected chi connectivity index (χ0v) is 39.4. The van der Waals surface area contributed by atoms with Crippen LogP contribution < -0.4 is 0 Å². The minimum atomic E-state index is -1.82. The number of hydrogen-bond acceptors (Lipinski definition) is 10. The van der Waals surface area contributed by atoms with Crippen molar-refractivity contribution in [3.63, 3.8) is 0 Å². The van der Waals surface area contributed by atoms with Gasteiger partial charge in [-0.2, -0.15) is 0 Å². The van der Waals surface area contributed by atoms with E-state index in [2.05, 4.69) is 67.7 Å². The summed E-state index contributed by atoms with van der Waals surface area (Å²) in [7, 11) is -3.63. The fourth-order valence-electron chi connectivity index (χ4n) is 5.35. The number of ether oxygens (including phenoxy) is 4. The Hall–Kier alpha value is -3.67. The third kappa shape index (κ3) is 14.8. The van der Waals surface area contributed by atoms with Crippen LogP contribution in [0.15, 0.2) is 121 Å². The molecule has 0 amide bonds. The van der Waals surface area contributed by atoms with Crippen molar-refractivity contribution in [1.29, 1.82) is 0 Å². The zero-order valence-electron chi connectivity index (χ0n) is 37.4. The molecule has 0 bridgehead atoms. The molecule has 4 aromatic carbocycles. The second-order valence-corrected chi connectivity index (χ2v) is 27.2. The molecule has 60 heavy (non-hydrogen) atoms. The molecule has 2 aliphatic rings. The van der Waals surface area contributed by atoms with Crippen LogP contribution in [0.5, 0.6) is 0 Å². The van der Waals surface area contributed by atoms with Gasteiger partial charge in [0.25, 0.3) is 0 Å². The molecule has 10 nitrogen and oxygen atoms in total. The van der Waals surface area contributed by atoms with Gasteiger partial charge >= 0.3 is 0 Å². The molecule has 2 aliphatic heterocycles. The first kappa shape index (κ1) is 50.7. The van der Waals surface area contributed by atoms with Crippen molar-refractivity contribution in [1.82, 2.24) is 0 Å². The lowest BCUT2D eigenvalue weighted by molar-refractivity contribution is -0.191. The first-order chi connectivity index (χ1) is 28.2. The van der Waals surface area contributed by atoms with Gasteiger partial charge in [-0.3, -0.25) is 9.59 Å². The minimum Gasteiger partial charge on any atom is -0.411 e. The van der Waals surface area contributed by atoms with Gasteiger partial charge in [0.15, 0.2) is 28.2 Å². The highest BCUT2D eigenvalue weighted by atomic mass is 28.4. The van der Waals surface area contributed by atoms with Crippen LogP contribution in [0.3, 0.4) is 0 Å². The van der Waals surface area contributed by atoms with E-state index in [9.17, 15) is 14.7 Å². The second-order valence-electron chi connectivity index (χ2n) is 17.6. The molecule has 0 aromatic heterocycles. The number of Topliss-reactive ketones (excluding diaryl/α,β-unsaturated/α-hetero) is 2. The molecule has 0 aliphatic carbocycles. The smallest absolute Gasteiger partial charge is 0.219 e. The lowest BCUT2D eigenvalue weighted by atomic mass is 10.1. The van der Waals surface area contributed by atoms with Gasteiger partial charge < -0.3 is 38.0 Å². The van der Waals surface area contributed by atoms with Gasteiger partial charge in [-0.05, 0) is 36.3 Å². The first-order valence-corrected chi connectivity index (χ1v) is 26.4. The standard InChI is InChI=1S/C16H26O3Si.C14H22O2Si.C10H12O3.C8H8O2/c1-15(2,3)20(4,5)19-13-16(17-11-12-18-16)14-9-7-6-8-10-14;1-14(2,3)17(4,5)16-11-13(15)12-9-7-6-8-10-12;11-8-10(12-6-7-13-10)9-4-2-1-3-5-9;9-6-8(10)7-4-2-1-3-5-7/h6-10H,11-13H2,1-5H3;6-10H,11H2,1-5H3;1-5,11H,6-8H2;1-5,9H,6H2. The fraction of sp³-hybridized carbons (Fsp3) is 0.458. The van der Waals surface area contributed by atoms with Gasteiger partial charge in [-0.15, -0.1) is 0 Å². The van der Waals surface area contributed by atoms with Crippen molar-refractivity contribution in [3.8, 4) is 0 Å². The summed E-state index contributed by atoms with van der Waals surface area (Å²) >= 11 is 0. The predicted molar refractivity (Wildman–Crippen MR) is 242 cm³/mol. The summed E-state index contributed by atoms with van der Waals surface area (Å²) in [6, 6.07) is 37.6. The average molecular weight is 861 g/mol. The Balaban J connectivity index is 0.000000220. The molecule has 0 radical (unpaired) electrons. The van der Waals surface area contributed by atoms with Crippen LogP contribution in [0.1, 0.15) is 73.4 Å². The lowest BCUT2D eigenvalue weighted by Gasteiger charge is -2.39. The second kappa shape index (κ2) is 23.0. The number of aliphatic hydroxyl groups excluding tert-OH is 2. The Bertz CT molecular complexity index is 1830. The molecule has 0 saturated carbocycles. The summed E-state index contributed by atoms with van der Waals surface area (Å²) in [4.78, 5) is 22.7. The zero-order chi connectivity index (χ0) is 44.5. The normalized spacial score (nSPS) is 15.9. The number of ketones is 2. The van der Waals surface area contributed by atoms with E-state index in [0.29, 0.717) is 38.6 Å². The van der Waals surface area contributed by atoms with Crippen molar-refractivity contribution in [2.24, 2.45) is 0 Å². The molecular formula is C48H68O10Si2. The Morgan fingerprint density at radius 2 is 0.867 bits per heavy atom. The monoisotopic (exact) mass is 860 g/mol. The molecule has 4 aromatic rings. The van der Waals surface area contributed by atoms with Crippen LogP contribution in [-0.4, -0.2) is 91.3 Å². The summed E-state index contributed by atoms with van der Waals surface area (Å²) < 4.78 is 34.9. The van der Waals surface area contributed by atoms with Gasteiger partial charge in [0.2, 0.25) is 11.6 Å². The van der Waals surface area contributed by atoms with E-state index < -0.39 is 34.8 Å². The van der Waals surface area contributed by atoms with Crippen LogP contribution >= 0.6 is 0 Å². The summed E-state index contributed by atoms with van der Waals surface area (Å²) in [5, 5.41) is 18.0. The topological polar surface area (TPSA) is 130 Å². The van der Waals surface area contributed by atoms with E-state index in [1.165, 1.54) is 0 Å². The van der Waals surface area contributed by atoms with Gasteiger partial charge in [0, 0.05) is 22.3 Å². The summed E-state index contributed by atoms with van der Waals surface area (Å²) in [5.74, 6) is -1.81. The molecular weight excluding hydrogens is 793 g/mol. The fourth-order valence-corrected chi connectivity index (χ4v) is 7.26. The first-order valence-electron chi connectivity index (χ1n) is 20.6. The van der Waals surface area contributed by atoms with Crippen LogP contribution in [0, 0.1) is 0 Å². The van der Waals surface area contributed by atoms with Gasteiger partial charge in [0.1, 0.15) is 13.2 Å². The highest BCUT2D eigenvalue weighted by Gasteiger charge is 2.44. The maximum absolute atomic E-state index is 11.9. The highest BCUT2D eigenvalue weighted by molar-refractivity contribution is 6.74. The van der Waals surface area contributed by atoms with Crippen molar-refractivity contribution in [2.75, 3.05) is 52.9 Å². The average Bonchev–Trinajstić information content (AvgIpc) is 3.95. The number of rotatable bonds is 12. The van der Waals surface area contributed by atoms with E-state index in [1.807, 2.05) is 97.1 Å². The number of benzene rings is 4. The molecule has 0 unspecified atom stereocenters. The summed E-state index contributed by atoms with van der Waals surface area (Å²) in [6.07, 6.45) is 0. The molecule has 2 heterocycles. The molecule has 328 valence electrons. The molecule has 6 rings (SSSR count). The third-order valence-electron chi connectivity index (χ3n) is 11.3. The Morgan fingerprint density at radius 1 is 0.533 bits per heavy atom. The van der Waals surface area contributed by atoms with Crippen LogP contribution in [-0.2, 0) is 39.4 Å². The van der Waals surface area contributed by atoms with E-state index in [-0.39, 0.29) is 34.9 Å². The largest absolute Gasteiger partial charge is 0.411 e. The summed E-state index contributed by atoms with van der Waals surface area (Å²) in [5.41, 5.74) is 3.20. The number of aliphatic hydroxyl groups is 2. The maximum Gasteiger partial charge on any atom is 0.219 e. The van der Waals surface area contributed by atoms with Crippen LogP contribution in [0.4, 0.5) is 0 Å². The molecule has 2 fully saturated rings. The van der Waals surface area contributed by atoms with Crippen molar-refractivity contribution >= 4 is 28.2 Å². The molecule has 0 atom stereocenters. The molecule has 2 N–H and O–H groups in total. The van der Waals surface area contributed by atoms with E-state index in [4.69, 9.17) is 32.9 Å². The number of carbonyl (C=O) groups is 2.